The van der Waals surface area contributed by atoms with E-state index in [1.54, 1.807) is 5.51 Å². The second-order valence-electron chi connectivity index (χ2n) is 4.83. The molecule has 0 spiro atoms. The van der Waals surface area contributed by atoms with E-state index in [1.807, 2.05) is 48.9 Å². The Hall–Kier alpha value is -2.19. The van der Waals surface area contributed by atoms with Crippen molar-refractivity contribution in [3.8, 4) is 5.69 Å². The third-order valence-electron chi connectivity index (χ3n) is 3.22. The third kappa shape index (κ3) is 3.59. The largest absolute Gasteiger partial charge is 0.322 e. The van der Waals surface area contributed by atoms with Crippen LogP contribution in [0.3, 0.4) is 0 Å². The minimum Gasteiger partial charge on any atom is -0.322 e. The van der Waals surface area contributed by atoms with Crippen molar-refractivity contribution >= 4 is 34.7 Å². The summed E-state index contributed by atoms with van der Waals surface area (Å²) in [6, 6.07) is 9.85. The molecule has 3 aromatic rings. The van der Waals surface area contributed by atoms with E-state index in [2.05, 4.69) is 20.6 Å². The van der Waals surface area contributed by atoms with Crippen LogP contribution < -0.4 is 5.32 Å². The molecule has 0 saturated carbocycles. The monoisotopic (exact) mass is 345 g/mol. The van der Waals surface area contributed by atoms with Crippen molar-refractivity contribution in [2.75, 3.05) is 11.1 Å². The van der Waals surface area contributed by atoms with Gasteiger partial charge in [-0.2, -0.15) is 5.10 Å². The van der Waals surface area contributed by atoms with Gasteiger partial charge in [0.2, 0.25) is 5.91 Å². The van der Waals surface area contributed by atoms with E-state index in [0.717, 1.165) is 27.1 Å². The van der Waals surface area contributed by atoms with Crippen molar-refractivity contribution in [3.05, 3.63) is 47.2 Å². The summed E-state index contributed by atoms with van der Waals surface area (Å²) in [5.74, 6) is 0.217. The van der Waals surface area contributed by atoms with Gasteiger partial charge in [0.15, 0.2) is 4.34 Å². The zero-order valence-corrected chi connectivity index (χ0v) is 14.3. The number of benzene rings is 1. The molecule has 3 rings (SSSR count). The predicted octanol–water partition coefficient (Wildman–Crippen LogP) is 3.07. The number of anilines is 1. The van der Waals surface area contributed by atoms with E-state index in [0.29, 0.717) is 5.75 Å². The van der Waals surface area contributed by atoms with Crippen LogP contribution in [-0.4, -0.2) is 31.6 Å². The van der Waals surface area contributed by atoms with E-state index < -0.39 is 0 Å². The Balaban J connectivity index is 1.73. The number of carbonyl (C=O) groups is 1. The van der Waals surface area contributed by atoms with Crippen molar-refractivity contribution < 1.29 is 4.79 Å². The van der Waals surface area contributed by atoms with Crippen LogP contribution in [0.2, 0.25) is 0 Å². The van der Waals surface area contributed by atoms with Gasteiger partial charge in [0, 0.05) is 0 Å². The summed E-state index contributed by atoms with van der Waals surface area (Å²) in [5.41, 5.74) is 5.08. The molecule has 8 heteroatoms. The van der Waals surface area contributed by atoms with E-state index in [9.17, 15) is 4.79 Å². The lowest BCUT2D eigenvalue weighted by Crippen LogP contribution is -2.15. The van der Waals surface area contributed by atoms with Gasteiger partial charge in [0.05, 0.1) is 28.5 Å². The molecule has 0 atom stereocenters. The van der Waals surface area contributed by atoms with Crippen LogP contribution in [0.15, 0.2) is 40.2 Å². The van der Waals surface area contributed by atoms with E-state index in [-0.39, 0.29) is 5.91 Å². The third-order valence-corrected chi connectivity index (χ3v) is 5.08. The van der Waals surface area contributed by atoms with Crippen LogP contribution in [0.5, 0.6) is 0 Å². The van der Waals surface area contributed by atoms with Crippen molar-refractivity contribution in [1.82, 2.24) is 20.0 Å². The van der Waals surface area contributed by atoms with Crippen molar-refractivity contribution in [3.63, 3.8) is 0 Å². The van der Waals surface area contributed by atoms with Gasteiger partial charge in [-0.15, -0.1) is 10.2 Å². The molecule has 0 radical (unpaired) electrons. The molecule has 1 aromatic carbocycles. The zero-order valence-electron chi connectivity index (χ0n) is 12.7. The fraction of sp³-hybridized carbons (Fsp3) is 0.200. The lowest BCUT2D eigenvalue weighted by molar-refractivity contribution is -0.113. The van der Waals surface area contributed by atoms with Crippen LogP contribution in [0.25, 0.3) is 5.69 Å². The second-order valence-corrected chi connectivity index (χ2v) is 6.89. The molecule has 2 heterocycles. The number of nitrogens with zero attached hydrogens (tertiary/aromatic N) is 4. The molecule has 6 nitrogen and oxygen atoms in total. The van der Waals surface area contributed by atoms with Gasteiger partial charge in [-0.1, -0.05) is 41.3 Å². The number of nitrogens with one attached hydrogen (secondary N) is 1. The van der Waals surface area contributed by atoms with Crippen molar-refractivity contribution in [1.29, 1.82) is 0 Å². The number of amides is 1. The average molecular weight is 345 g/mol. The topological polar surface area (TPSA) is 72.7 Å². The number of thioether (sulfide) groups is 1. The Kier molecular flexibility index (Phi) is 4.73. The molecule has 0 saturated heterocycles. The number of hydrogen-bond donors (Lipinski definition) is 1. The molecule has 0 aliphatic carbocycles. The van der Waals surface area contributed by atoms with Crippen LogP contribution in [0.4, 0.5) is 5.69 Å². The van der Waals surface area contributed by atoms with E-state index >= 15 is 0 Å². The summed E-state index contributed by atoms with van der Waals surface area (Å²) in [4.78, 5) is 12.1. The number of para-hydroxylation sites is 1. The summed E-state index contributed by atoms with van der Waals surface area (Å²) in [5, 5.41) is 15.1. The zero-order chi connectivity index (χ0) is 16.2. The van der Waals surface area contributed by atoms with Crippen LogP contribution in [0, 0.1) is 13.8 Å². The highest BCUT2D eigenvalue weighted by Gasteiger charge is 2.15. The Labute approximate surface area is 141 Å². The van der Waals surface area contributed by atoms with Gasteiger partial charge >= 0.3 is 0 Å². The quantitative estimate of drug-likeness (QED) is 0.720. The molecule has 0 unspecified atom stereocenters. The first kappa shape index (κ1) is 15.7. The second kappa shape index (κ2) is 6.93. The van der Waals surface area contributed by atoms with Crippen molar-refractivity contribution in [2.24, 2.45) is 0 Å². The molecule has 2 aromatic heterocycles. The van der Waals surface area contributed by atoms with Gasteiger partial charge in [0.25, 0.3) is 0 Å². The predicted molar refractivity (Wildman–Crippen MR) is 92.3 cm³/mol. The number of aryl methyl sites for hydroxylation is 1. The van der Waals surface area contributed by atoms with Gasteiger partial charge < -0.3 is 5.32 Å². The number of rotatable bonds is 5. The highest BCUT2D eigenvalue weighted by Crippen LogP contribution is 2.24. The summed E-state index contributed by atoms with van der Waals surface area (Å²) < 4.78 is 2.62. The summed E-state index contributed by atoms with van der Waals surface area (Å²) in [7, 11) is 0. The van der Waals surface area contributed by atoms with Crippen LogP contribution in [-0.2, 0) is 4.79 Å². The van der Waals surface area contributed by atoms with E-state index in [1.165, 1.54) is 23.1 Å². The molecule has 0 aliphatic rings. The van der Waals surface area contributed by atoms with Gasteiger partial charge in [-0.25, -0.2) is 4.68 Å². The maximum atomic E-state index is 12.1. The van der Waals surface area contributed by atoms with Crippen molar-refractivity contribution in [2.45, 2.75) is 18.2 Å². The Morgan fingerprint density at radius 3 is 2.78 bits per heavy atom. The van der Waals surface area contributed by atoms with E-state index in [4.69, 9.17) is 0 Å². The lowest BCUT2D eigenvalue weighted by atomic mass is 10.3. The molecule has 0 bridgehead atoms. The summed E-state index contributed by atoms with van der Waals surface area (Å²) in [6.07, 6.45) is 0. The maximum absolute atomic E-state index is 12.1. The fourth-order valence-electron chi connectivity index (χ4n) is 2.17. The summed E-state index contributed by atoms with van der Waals surface area (Å²) >= 11 is 2.80. The first-order valence-corrected chi connectivity index (χ1v) is 8.82. The van der Waals surface area contributed by atoms with Gasteiger partial charge in [-0.3, -0.25) is 4.79 Å². The minimum absolute atomic E-state index is 0.0796. The molecule has 1 amide bonds. The van der Waals surface area contributed by atoms with Gasteiger partial charge in [-0.05, 0) is 26.0 Å². The molecule has 0 aliphatic heterocycles. The standard InChI is InChI=1S/C15H15N5OS2/c1-10-14(17-13(21)8-22-15-18-16-9-23-15)11(2)20(19-10)12-6-4-3-5-7-12/h3-7,9H,8H2,1-2H3,(H,17,21). The molecular weight excluding hydrogens is 330 g/mol. The first-order chi connectivity index (χ1) is 11.1. The van der Waals surface area contributed by atoms with Crippen LogP contribution in [0.1, 0.15) is 11.4 Å². The number of hydrogen-bond acceptors (Lipinski definition) is 6. The SMILES string of the molecule is Cc1nn(-c2ccccc2)c(C)c1NC(=O)CSc1nncs1. The number of carbonyl (C=O) groups excluding carboxylic acids is 1. The fourth-order valence-corrected chi connectivity index (χ4v) is 3.46. The molecule has 118 valence electrons. The maximum Gasteiger partial charge on any atom is 0.234 e. The molecular formula is C15H15N5OS2. The Bertz CT molecular complexity index is 799. The molecule has 23 heavy (non-hydrogen) atoms. The average Bonchev–Trinajstić information content (AvgIpc) is 3.17. The Morgan fingerprint density at radius 2 is 2.09 bits per heavy atom. The van der Waals surface area contributed by atoms with Gasteiger partial charge in [0.1, 0.15) is 5.51 Å². The lowest BCUT2D eigenvalue weighted by Gasteiger charge is -2.06. The number of aromatic nitrogens is 4. The minimum atomic E-state index is -0.0796. The smallest absolute Gasteiger partial charge is 0.234 e. The highest BCUT2D eigenvalue weighted by molar-refractivity contribution is 8.01. The highest BCUT2D eigenvalue weighted by atomic mass is 32.2. The normalized spacial score (nSPS) is 10.7. The van der Waals surface area contributed by atoms with Crippen LogP contribution >= 0.6 is 23.1 Å². The molecule has 1 N–H and O–H groups in total. The first-order valence-electron chi connectivity index (χ1n) is 6.95. The molecule has 0 fully saturated rings. The summed E-state index contributed by atoms with van der Waals surface area (Å²) in [6.45, 7) is 3.83. The Morgan fingerprint density at radius 1 is 1.30 bits per heavy atom.